The molecular weight excluding hydrogens is 636 g/mol. The molecule has 0 rings (SSSR count). The summed E-state index contributed by atoms with van der Waals surface area (Å²) >= 11 is 0. The van der Waals surface area contributed by atoms with E-state index in [1.807, 2.05) is 0 Å². The number of carbonyl (C=O) groups excluding carboxylic acids is 3. The summed E-state index contributed by atoms with van der Waals surface area (Å²) in [5, 5.41) is 0. The van der Waals surface area contributed by atoms with Gasteiger partial charge in [0.2, 0.25) is 0 Å². The highest BCUT2D eigenvalue weighted by Gasteiger charge is 2.19. The first kappa shape index (κ1) is 48.4. The van der Waals surface area contributed by atoms with Crippen molar-refractivity contribution < 1.29 is 28.6 Å². The zero-order valence-electron chi connectivity index (χ0n) is 33.4. The van der Waals surface area contributed by atoms with E-state index in [4.69, 9.17) is 14.2 Å². The molecule has 51 heavy (non-hydrogen) atoms. The summed E-state index contributed by atoms with van der Waals surface area (Å²) in [6.07, 6.45) is 45.3. The topological polar surface area (TPSA) is 78.9 Å². The molecule has 294 valence electrons. The Bertz CT molecular complexity index is 918. The second-order valence-corrected chi connectivity index (χ2v) is 13.9. The van der Waals surface area contributed by atoms with Crippen LogP contribution in [0.25, 0.3) is 0 Å². The highest BCUT2D eigenvalue weighted by Crippen LogP contribution is 2.12. The van der Waals surface area contributed by atoms with Crippen molar-refractivity contribution in [1.82, 2.24) is 0 Å². The quantitative estimate of drug-likeness (QED) is 0.0276. The van der Waals surface area contributed by atoms with Gasteiger partial charge >= 0.3 is 17.9 Å². The molecule has 1 atom stereocenters. The number of ether oxygens (including phenoxy) is 3. The third-order valence-electron chi connectivity index (χ3n) is 8.82. The maximum Gasteiger partial charge on any atom is 0.306 e. The fraction of sp³-hybridized carbons (Fsp3) is 0.756. The molecule has 0 aliphatic heterocycles. The van der Waals surface area contributed by atoms with Crippen LogP contribution < -0.4 is 0 Å². The van der Waals surface area contributed by atoms with Gasteiger partial charge in [-0.25, -0.2) is 0 Å². The van der Waals surface area contributed by atoms with Gasteiger partial charge in [0.25, 0.3) is 0 Å². The lowest BCUT2D eigenvalue weighted by Gasteiger charge is -2.18. The lowest BCUT2D eigenvalue weighted by Crippen LogP contribution is -2.30. The van der Waals surface area contributed by atoms with Crippen LogP contribution in [0.15, 0.2) is 48.6 Å². The number of rotatable bonds is 37. The Morgan fingerprint density at radius 1 is 0.412 bits per heavy atom. The molecule has 0 aliphatic carbocycles. The Labute approximate surface area is 314 Å². The van der Waals surface area contributed by atoms with Gasteiger partial charge in [0.1, 0.15) is 13.2 Å². The van der Waals surface area contributed by atoms with E-state index in [-0.39, 0.29) is 31.1 Å². The first-order valence-corrected chi connectivity index (χ1v) is 21.1. The third-order valence-corrected chi connectivity index (χ3v) is 8.82. The van der Waals surface area contributed by atoms with Crippen LogP contribution in [0.5, 0.6) is 0 Å². The van der Waals surface area contributed by atoms with E-state index in [0.717, 1.165) is 96.3 Å². The SMILES string of the molecule is CC/C=C\C/C=C\C/C=C\CCCCCC(=O)OCC(COC(=O)CCCCCCCCC)OC(=O)CCCCCCC/C=C\CCCCCC. The average Bonchev–Trinajstić information content (AvgIpc) is 3.12. The number of allylic oxidation sites excluding steroid dienone is 8. The van der Waals surface area contributed by atoms with Gasteiger partial charge in [0.15, 0.2) is 6.10 Å². The van der Waals surface area contributed by atoms with Crippen molar-refractivity contribution >= 4 is 17.9 Å². The molecular formula is C45H78O6. The summed E-state index contributed by atoms with van der Waals surface area (Å²) in [5.41, 5.74) is 0. The molecule has 0 radical (unpaired) electrons. The second-order valence-electron chi connectivity index (χ2n) is 13.9. The molecule has 0 amide bonds. The molecule has 0 N–H and O–H groups in total. The van der Waals surface area contributed by atoms with Crippen LogP contribution in [0.1, 0.15) is 201 Å². The molecule has 0 aromatic heterocycles. The lowest BCUT2D eigenvalue weighted by molar-refractivity contribution is -0.167. The van der Waals surface area contributed by atoms with Gasteiger partial charge < -0.3 is 14.2 Å². The van der Waals surface area contributed by atoms with E-state index >= 15 is 0 Å². The minimum Gasteiger partial charge on any atom is -0.462 e. The Kier molecular flexibility index (Phi) is 38.1. The maximum absolute atomic E-state index is 12.6. The normalized spacial score (nSPS) is 12.5. The maximum atomic E-state index is 12.6. The Balaban J connectivity index is 4.40. The molecule has 0 saturated carbocycles. The number of hydrogen-bond acceptors (Lipinski definition) is 6. The van der Waals surface area contributed by atoms with Crippen LogP contribution in [0.3, 0.4) is 0 Å². The monoisotopic (exact) mass is 715 g/mol. The van der Waals surface area contributed by atoms with Gasteiger partial charge in [-0.3, -0.25) is 14.4 Å². The van der Waals surface area contributed by atoms with Crippen LogP contribution in [-0.2, 0) is 28.6 Å². The second kappa shape index (κ2) is 40.1. The summed E-state index contributed by atoms with van der Waals surface area (Å²) in [7, 11) is 0. The highest BCUT2D eigenvalue weighted by molar-refractivity contribution is 5.71. The predicted molar refractivity (Wildman–Crippen MR) is 215 cm³/mol. The summed E-state index contributed by atoms with van der Waals surface area (Å²) in [6.45, 7) is 6.41. The molecule has 1 unspecified atom stereocenters. The van der Waals surface area contributed by atoms with Crippen molar-refractivity contribution in [3.05, 3.63) is 48.6 Å². The van der Waals surface area contributed by atoms with Crippen LogP contribution in [0.2, 0.25) is 0 Å². The zero-order chi connectivity index (χ0) is 37.3. The fourth-order valence-corrected chi connectivity index (χ4v) is 5.62. The van der Waals surface area contributed by atoms with Crippen molar-refractivity contribution in [1.29, 1.82) is 0 Å². The molecule has 0 spiro atoms. The zero-order valence-corrected chi connectivity index (χ0v) is 33.4. The van der Waals surface area contributed by atoms with E-state index in [2.05, 4.69) is 69.4 Å². The van der Waals surface area contributed by atoms with Gasteiger partial charge in [-0.15, -0.1) is 0 Å². The minimum absolute atomic E-state index is 0.0859. The molecule has 0 aromatic rings. The molecule has 0 heterocycles. The van der Waals surface area contributed by atoms with E-state index in [9.17, 15) is 14.4 Å². The molecule has 0 aromatic carbocycles. The van der Waals surface area contributed by atoms with Crippen molar-refractivity contribution in [3.63, 3.8) is 0 Å². The number of unbranched alkanes of at least 4 members (excludes halogenated alkanes) is 18. The fourth-order valence-electron chi connectivity index (χ4n) is 5.62. The molecule has 0 bridgehead atoms. The van der Waals surface area contributed by atoms with Crippen LogP contribution in [0.4, 0.5) is 0 Å². The summed E-state index contributed by atoms with van der Waals surface area (Å²) in [4.78, 5) is 37.5. The van der Waals surface area contributed by atoms with Crippen LogP contribution >= 0.6 is 0 Å². The lowest BCUT2D eigenvalue weighted by atomic mass is 10.1. The summed E-state index contributed by atoms with van der Waals surface area (Å²) in [6, 6.07) is 0. The summed E-state index contributed by atoms with van der Waals surface area (Å²) in [5.74, 6) is -0.937. The van der Waals surface area contributed by atoms with E-state index < -0.39 is 6.10 Å². The van der Waals surface area contributed by atoms with Crippen molar-refractivity contribution in [2.24, 2.45) is 0 Å². The minimum atomic E-state index is -0.782. The van der Waals surface area contributed by atoms with E-state index in [1.165, 1.54) is 64.2 Å². The number of hydrogen-bond donors (Lipinski definition) is 0. The largest absolute Gasteiger partial charge is 0.462 e. The standard InChI is InChI=1S/C45H78O6/c1-4-7-10-13-16-18-20-22-24-26-29-32-35-38-44(47)50-41-42(40-49-43(46)37-34-31-28-15-12-9-6-3)51-45(48)39-36-33-30-27-25-23-21-19-17-14-11-8-5-2/h7,10,16,18-19,21-22,24,42H,4-6,8-9,11-15,17,20,23,25-41H2,1-3H3/b10-7-,18-16-,21-19-,24-22-. The van der Waals surface area contributed by atoms with Crippen molar-refractivity contribution in [3.8, 4) is 0 Å². The van der Waals surface area contributed by atoms with Gasteiger partial charge in [-0.2, -0.15) is 0 Å². The Morgan fingerprint density at radius 3 is 1.25 bits per heavy atom. The molecule has 6 nitrogen and oxygen atoms in total. The van der Waals surface area contributed by atoms with Gasteiger partial charge in [-0.05, 0) is 77.0 Å². The molecule has 0 saturated heterocycles. The van der Waals surface area contributed by atoms with E-state index in [0.29, 0.717) is 19.3 Å². The van der Waals surface area contributed by atoms with Crippen molar-refractivity contribution in [2.45, 2.75) is 207 Å². The summed E-state index contributed by atoms with van der Waals surface area (Å²) < 4.78 is 16.6. The number of esters is 3. The van der Waals surface area contributed by atoms with Crippen molar-refractivity contribution in [2.75, 3.05) is 13.2 Å². The molecule has 0 aliphatic rings. The smallest absolute Gasteiger partial charge is 0.306 e. The molecule has 0 fully saturated rings. The van der Waals surface area contributed by atoms with Gasteiger partial charge in [-0.1, -0.05) is 153 Å². The third kappa shape index (κ3) is 38.4. The number of carbonyl (C=O) groups is 3. The predicted octanol–water partition coefficient (Wildman–Crippen LogP) is 13.2. The Hall–Kier alpha value is -2.63. The van der Waals surface area contributed by atoms with E-state index in [1.54, 1.807) is 0 Å². The first-order chi connectivity index (χ1) is 25.0. The van der Waals surface area contributed by atoms with Gasteiger partial charge in [0, 0.05) is 19.3 Å². The highest BCUT2D eigenvalue weighted by atomic mass is 16.6. The Morgan fingerprint density at radius 2 is 0.765 bits per heavy atom. The average molecular weight is 715 g/mol. The van der Waals surface area contributed by atoms with Gasteiger partial charge in [0.05, 0.1) is 0 Å². The molecule has 6 heteroatoms. The van der Waals surface area contributed by atoms with Crippen LogP contribution in [-0.4, -0.2) is 37.2 Å². The first-order valence-electron chi connectivity index (χ1n) is 21.1. The van der Waals surface area contributed by atoms with Crippen LogP contribution in [0, 0.1) is 0 Å².